The van der Waals surface area contributed by atoms with E-state index in [2.05, 4.69) is 5.32 Å². The predicted molar refractivity (Wildman–Crippen MR) is 70.3 cm³/mol. The lowest BCUT2D eigenvalue weighted by molar-refractivity contribution is -0.120. The van der Waals surface area contributed by atoms with Gasteiger partial charge in [-0.2, -0.15) is 0 Å². The zero-order chi connectivity index (χ0) is 13.4. The molecule has 3 N–H and O–H groups in total. The van der Waals surface area contributed by atoms with Crippen LogP contribution in [-0.2, 0) is 14.3 Å². The first-order chi connectivity index (χ1) is 8.67. The van der Waals surface area contributed by atoms with Crippen molar-refractivity contribution >= 4 is 5.91 Å². The molecule has 1 aliphatic rings. The van der Waals surface area contributed by atoms with Gasteiger partial charge in [-0.15, -0.1) is 0 Å². The molecule has 0 heterocycles. The normalized spacial score (nSPS) is 25.9. The fourth-order valence-electron chi connectivity index (χ4n) is 2.41. The van der Waals surface area contributed by atoms with Crippen LogP contribution in [0.1, 0.15) is 39.0 Å². The van der Waals surface area contributed by atoms with Crippen LogP contribution in [0.3, 0.4) is 0 Å². The molecule has 0 aromatic heterocycles. The number of carbonyl (C=O) groups is 1. The van der Waals surface area contributed by atoms with Crippen molar-refractivity contribution in [1.82, 2.24) is 5.32 Å². The summed E-state index contributed by atoms with van der Waals surface area (Å²) in [4.78, 5) is 11.2. The monoisotopic (exact) mass is 258 g/mol. The smallest absolute Gasteiger partial charge is 0.234 e. The number of ether oxygens (including phenoxy) is 2. The van der Waals surface area contributed by atoms with Gasteiger partial charge in [-0.3, -0.25) is 4.79 Å². The first-order valence-corrected chi connectivity index (χ1v) is 6.84. The Kier molecular flexibility index (Phi) is 7.23. The van der Waals surface area contributed by atoms with Crippen molar-refractivity contribution in [2.24, 2.45) is 5.73 Å². The molecule has 0 aliphatic heterocycles. The topological polar surface area (TPSA) is 73.6 Å². The lowest BCUT2D eigenvalue weighted by Crippen LogP contribution is -2.42. The molecule has 5 heteroatoms. The predicted octanol–water partition coefficient (Wildman–Crippen LogP) is 0.814. The highest BCUT2D eigenvalue weighted by molar-refractivity contribution is 5.79. The van der Waals surface area contributed by atoms with Gasteiger partial charge in [0.1, 0.15) is 0 Å². The first kappa shape index (κ1) is 15.4. The van der Waals surface area contributed by atoms with E-state index in [1.54, 1.807) is 7.11 Å². The van der Waals surface area contributed by atoms with E-state index in [-0.39, 0.29) is 18.1 Å². The summed E-state index contributed by atoms with van der Waals surface area (Å²) in [5, 5.41) is 3.06. The molecule has 0 bridgehead atoms. The number of amides is 1. The lowest BCUT2D eigenvalue weighted by Gasteiger charge is -2.28. The van der Waals surface area contributed by atoms with Gasteiger partial charge in [0.05, 0.1) is 18.2 Å². The first-order valence-electron chi connectivity index (χ1n) is 6.84. The van der Waals surface area contributed by atoms with E-state index >= 15 is 0 Å². The average Bonchev–Trinajstić information content (AvgIpc) is 2.38. The molecular formula is C13H26N2O3. The standard InChI is InChI=1S/C13H26N2O3/c1-3-15-12(13(14)16)7-8-18-11-6-4-5-10(9-11)17-2/h10-12,15H,3-9H2,1-2H3,(H2,14,16). The Hall–Kier alpha value is -0.650. The lowest BCUT2D eigenvalue weighted by atomic mass is 9.95. The van der Waals surface area contributed by atoms with Crippen LogP contribution in [0.5, 0.6) is 0 Å². The number of nitrogens with two attached hydrogens (primary N) is 1. The van der Waals surface area contributed by atoms with Crippen molar-refractivity contribution in [2.45, 2.75) is 57.3 Å². The third-order valence-electron chi connectivity index (χ3n) is 3.47. The van der Waals surface area contributed by atoms with Gasteiger partial charge in [0, 0.05) is 13.7 Å². The molecule has 1 aliphatic carbocycles. The number of primary amides is 1. The number of nitrogens with one attached hydrogen (secondary N) is 1. The van der Waals surface area contributed by atoms with Crippen LogP contribution in [0.25, 0.3) is 0 Å². The van der Waals surface area contributed by atoms with E-state index in [1.165, 1.54) is 0 Å². The molecular weight excluding hydrogens is 232 g/mol. The minimum Gasteiger partial charge on any atom is -0.381 e. The van der Waals surface area contributed by atoms with Crippen molar-refractivity contribution in [1.29, 1.82) is 0 Å². The van der Waals surface area contributed by atoms with E-state index < -0.39 is 0 Å². The van der Waals surface area contributed by atoms with Crippen molar-refractivity contribution in [3.8, 4) is 0 Å². The second-order valence-electron chi connectivity index (χ2n) is 4.82. The van der Waals surface area contributed by atoms with Gasteiger partial charge in [-0.05, 0) is 38.6 Å². The second-order valence-corrected chi connectivity index (χ2v) is 4.82. The summed E-state index contributed by atoms with van der Waals surface area (Å²) < 4.78 is 11.2. The number of rotatable bonds is 8. The van der Waals surface area contributed by atoms with Crippen LogP contribution in [-0.4, -0.2) is 44.4 Å². The van der Waals surface area contributed by atoms with Crippen molar-refractivity contribution in [3.05, 3.63) is 0 Å². The molecule has 0 aromatic carbocycles. The molecule has 3 unspecified atom stereocenters. The Morgan fingerprint density at radius 2 is 2.17 bits per heavy atom. The Morgan fingerprint density at radius 1 is 1.44 bits per heavy atom. The number of carbonyl (C=O) groups excluding carboxylic acids is 1. The molecule has 5 nitrogen and oxygen atoms in total. The highest BCUT2D eigenvalue weighted by Gasteiger charge is 2.22. The minimum absolute atomic E-state index is 0.263. The summed E-state index contributed by atoms with van der Waals surface area (Å²) in [5.74, 6) is -0.307. The summed E-state index contributed by atoms with van der Waals surface area (Å²) in [6.07, 6.45) is 5.54. The number of hydrogen-bond donors (Lipinski definition) is 2. The van der Waals surface area contributed by atoms with E-state index in [9.17, 15) is 4.79 Å². The molecule has 18 heavy (non-hydrogen) atoms. The largest absolute Gasteiger partial charge is 0.381 e. The third kappa shape index (κ3) is 5.33. The summed E-state index contributed by atoms with van der Waals surface area (Å²) in [5.41, 5.74) is 5.31. The zero-order valence-corrected chi connectivity index (χ0v) is 11.5. The maximum atomic E-state index is 11.2. The SMILES string of the molecule is CCNC(CCOC1CCCC(OC)C1)C(N)=O. The van der Waals surface area contributed by atoms with Gasteiger partial charge < -0.3 is 20.5 Å². The van der Waals surface area contributed by atoms with E-state index in [0.717, 1.165) is 32.2 Å². The number of hydrogen-bond acceptors (Lipinski definition) is 4. The van der Waals surface area contributed by atoms with Crippen LogP contribution >= 0.6 is 0 Å². The molecule has 1 fully saturated rings. The number of likely N-dealkylation sites (N-methyl/N-ethyl adjacent to an activating group) is 1. The maximum Gasteiger partial charge on any atom is 0.234 e. The van der Waals surface area contributed by atoms with Crippen molar-refractivity contribution in [2.75, 3.05) is 20.3 Å². The van der Waals surface area contributed by atoms with Crippen LogP contribution in [0.15, 0.2) is 0 Å². The summed E-state index contributed by atoms with van der Waals surface area (Å²) >= 11 is 0. The Bertz CT molecular complexity index is 248. The van der Waals surface area contributed by atoms with Crippen molar-refractivity contribution < 1.29 is 14.3 Å². The van der Waals surface area contributed by atoms with Gasteiger partial charge in [0.2, 0.25) is 5.91 Å². The van der Waals surface area contributed by atoms with Gasteiger partial charge in [-0.25, -0.2) is 0 Å². The van der Waals surface area contributed by atoms with Crippen LogP contribution in [0.2, 0.25) is 0 Å². The molecule has 106 valence electrons. The second kappa shape index (κ2) is 8.45. The fraction of sp³-hybridized carbons (Fsp3) is 0.923. The molecule has 0 aromatic rings. The zero-order valence-electron chi connectivity index (χ0n) is 11.5. The van der Waals surface area contributed by atoms with Gasteiger partial charge in [-0.1, -0.05) is 6.92 Å². The highest BCUT2D eigenvalue weighted by atomic mass is 16.5. The van der Waals surface area contributed by atoms with Gasteiger partial charge >= 0.3 is 0 Å². The summed E-state index contributed by atoms with van der Waals surface area (Å²) in [6.45, 7) is 3.27. The molecule has 1 saturated carbocycles. The molecule has 1 amide bonds. The summed E-state index contributed by atoms with van der Waals surface area (Å²) in [6, 6.07) is -0.281. The molecule has 3 atom stereocenters. The quantitative estimate of drug-likeness (QED) is 0.676. The van der Waals surface area contributed by atoms with Crippen LogP contribution in [0.4, 0.5) is 0 Å². The molecule has 0 saturated heterocycles. The Balaban J connectivity index is 2.21. The van der Waals surface area contributed by atoms with Crippen molar-refractivity contribution in [3.63, 3.8) is 0 Å². The van der Waals surface area contributed by atoms with Crippen LogP contribution < -0.4 is 11.1 Å². The summed E-state index contributed by atoms with van der Waals surface area (Å²) in [7, 11) is 1.75. The van der Waals surface area contributed by atoms with Gasteiger partial charge in [0.25, 0.3) is 0 Å². The fourth-order valence-corrected chi connectivity index (χ4v) is 2.41. The van der Waals surface area contributed by atoms with E-state index in [1.807, 2.05) is 6.92 Å². The van der Waals surface area contributed by atoms with E-state index in [0.29, 0.717) is 19.1 Å². The highest BCUT2D eigenvalue weighted by Crippen LogP contribution is 2.23. The Morgan fingerprint density at radius 3 is 2.78 bits per heavy atom. The average molecular weight is 258 g/mol. The number of methoxy groups -OCH3 is 1. The molecule has 1 rings (SSSR count). The Labute approximate surface area is 109 Å². The maximum absolute atomic E-state index is 11.2. The van der Waals surface area contributed by atoms with Crippen LogP contribution in [0, 0.1) is 0 Å². The van der Waals surface area contributed by atoms with E-state index in [4.69, 9.17) is 15.2 Å². The third-order valence-corrected chi connectivity index (χ3v) is 3.47. The van der Waals surface area contributed by atoms with Gasteiger partial charge in [0.15, 0.2) is 0 Å². The molecule has 0 spiro atoms. The minimum atomic E-state index is -0.307. The molecule has 0 radical (unpaired) electrons.